The van der Waals surface area contributed by atoms with E-state index in [-0.39, 0.29) is 6.61 Å². The van der Waals surface area contributed by atoms with E-state index in [0.717, 1.165) is 0 Å². The van der Waals surface area contributed by atoms with E-state index in [0.29, 0.717) is 21.2 Å². The van der Waals surface area contributed by atoms with Gasteiger partial charge in [0.1, 0.15) is 48.2 Å². The summed E-state index contributed by atoms with van der Waals surface area (Å²) in [6.07, 6.45) is -6.23. The highest BCUT2D eigenvalue weighted by atomic mass is 31.1. The summed E-state index contributed by atoms with van der Waals surface area (Å²) >= 11 is 0. The van der Waals surface area contributed by atoms with E-state index in [4.69, 9.17) is 28.0 Å². The van der Waals surface area contributed by atoms with Gasteiger partial charge in [0.2, 0.25) is 0 Å². The molecule has 55 heavy (non-hydrogen) atoms. The van der Waals surface area contributed by atoms with Crippen LogP contribution in [0.25, 0.3) is 0 Å². The zero-order chi connectivity index (χ0) is 40.1. The number of methoxy groups -OCH3 is 1. The fourth-order valence-electron chi connectivity index (χ4n) is 5.34. The second-order valence-electron chi connectivity index (χ2n) is 14.9. The van der Waals surface area contributed by atoms with Crippen molar-refractivity contribution in [3.8, 4) is 0 Å². The lowest BCUT2D eigenvalue weighted by atomic mass is 9.95. The molecule has 0 radical (unpaired) electrons. The van der Waals surface area contributed by atoms with Crippen LogP contribution in [0, 0.1) is 34.1 Å². The van der Waals surface area contributed by atoms with Crippen LogP contribution < -0.4 is 21.2 Å². The average Bonchev–Trinajstić information content (AvgIpc) is 3.13. The van der Waals surface area contributed by atoms with Gasteiger partial charge in [0, 0.05) is 28.3 Å². The van der Waals surface area contributed by atoms with Gasteiger partial charge in [0.05, 0.1) is 27.1 Å². The van der Waals surface area contributed by atoms with Crippen LogP contribution in [-0.2, 0) is 37.6 Å². The second-order valence-corrected chi connectivity index (χ2v) is 18.5. The van der Waals surface area contributed by atoms with E-state index in [1.54, 1.807) is 41.5 Å². The molecule has 0 spiro atoms. The molecule has 0 aliphatic carbocycles. The summed E-state index contributed by atoms with van der Waals surface area (Å²) in [4.78, 5) is 26.8. The van der Waals surface area contributed by atoms with Gasteiger partial charge in [0.15, 0.2) is 12.4 Å². The van der Waals surface area contributed by atoms with Crippen LogP contribution in [0.4, 0.5) is 17.6 Å². The Morgan fingerprint density at radius 1 is 0.564 bits per heavy atom. The third-order valence-corrected chi connectivity index (χ3v) is 12.3. The van der Waals surface area contributed by atoms with E-state index in [1.165, 1.54) is 104 Å². The third kappa shape index (κ3) is 11.0. The summed E-state index contributed by atoms with van der Waals surface area (Å²) in [7, 11) is -2.52. The molecule has 5 rings (SSSR count). The highest BCUT2D eigenvalue weighted by Gasteiger charge is 2.53. The first-order valence-electron chi connectivity index (χ1n) is 17.5. The number of halogens is 4. The molecule has 1 fully saturated rings. The van der Waals surface area contributed by atoms with Gasteiger partial charge in [-0.15, -0.1) is 0 Å². The maximum Gasteiger partial charge on any atom is 0.311 e. The van der Waals surface area contributed by atoms with E-state index in [9.17, 15) is 27.2 Å². The van der Waals surface area contributed by atoms with Gasteiger partial charge >= 0.3 is 11.9 Å². The zero-order valence-corrected chi connectivity index (χ0v) is 33.3. The Bertz CT molecular complexity index is 1790. The minimum atomic E-state index is -1.95. The standard InChI is InChI=1S/C41H44F4O8P2/c1-40(2,3)38(46)49-24-33-34(52-54(29-16-8-25(42)9-17-29)30-18-10-26(43)11-19-30)35(36(37(48-7)50-33)51-39(47)41(4,5)6)53-55(31-20-12-27(44)13-21-31)32-22-14-28(45)15-23-32/h8-23,33-37H,24H2,1-7H3/t33-,34-,35+,36-,37+/m1/s1. The molecule has 0 aromatic heterocycles. The van der Waals surface area contributed by atoms with Crippen molar-refractivity contribution in [2.45, 2.75) is 72.2 Å². The second kappa shape index (κ2) is 18.0. The topological polar surface area (TPSA) is 89.5 Å². The molecule has 0 saturated carbocycles. The fraction of sp³-hybridized carbons (Fsp3) is 0.366. The molecule has 1 aliphatic heterocycles. The number of esters is 2. The number of rotatable bonds is 12. The molecule has 8 nitrogen and oxygen atoms in total. The summed E-state index contributed by atoms with van der Waals surface area (Å²) in [5, 5.41) is 2.11. The predicted molar refractivity (Wildman–Crippen MR) is 203 cm³/mol. The van der Waals surface area contributed by atoms with Crippen molar-refractivity contribution < 1.29 is 55.1 Å². The normalized spacial score (nSPS) is 20.4. The third-order valence-electron chi connectivity index (χ3n) is 8.37. The first-order valence-corrected chi connectivity index (χ1v) is 20.0. The van der Waals surface area contributed by atoms with Crippen molar-refractivity contribution in [1.29, 1.82) is 0 Å². The quantitative estimate of drug-likeness (QED) is 0.0837. The Kier molecular flexibility index (Phi) is 13.9. The Hall–Kier alpha value is -3.76. The van der Waals surface area contributed by atoms with Gasteiger partial charge in [-0.1, -0.05) is 0 Å². The molecule has 0 N–H and O–H groups in total. The van der Waals surface area contributed by atoms with Gasteiger partial charge in [-0.3, -0.25) is 9.59 Å². The lowest BCUT2D eigenvalue weighted by Crippen LogP contribution is -2.62. The lowest BCUT2D eigenvalue weighted by molar-refractivity contribution is -0.291. The molecular formula is C41H44F4O8P2. The summed E-state index contributed by atoms with van der Waals surface area (Å²) in [6, 6.07) is 22.4. The van der Waals surface area contributed by atoms with Crippen molar-refractivity contribution in [2.75, 3.05) is 13.7 Å². The summed E-state index contributed by atoms with van der Waals surface area (Å²) in [6.45, 7) is 9.73. The average molecular weight is 803 g/mol. The minimum absolute atomic E-state index is 0.360. The maximum atomic E-state index is 14.3. The lowest BCUT2D eigenvalue weighted by Gasteiger charge is -2.47. The predicted octanol–water partition coefficient (Wildman–Crippen LogP) is 7.33. The first kappa shape index (κ1) is 42.4. The fourth-order valence-corrected chi connectivity index (χ4v) is 9.09. The van der Waals surface area contributed by atoms with Crippen molar-refractivity contribution in [3.05, 3.63) is 120 Å². The molecule has 1 saturated heterocycles. The van der Waals surface area contributed by atoms with Crippen LogP contribution in [0.5, 0.6) is 0 Å². The van der Waals surface area contributed by atoms with Crippen LogP contribution in [0.1, 0.15) is 41.5 Å². The molecule has 0 amide bonds. The Balaban J connectivity index is 1.71. The van der Waals surface area contributed by atoms with Crippen LogP contribution in [0.2, 0.25) is 0 Å². The highest BCUT2D eigenvalue weighted by Crippen LogP contribution is 2.47. The van der Waals surface area contributed by atoms with Crippen molar-refractivity contribution in [1.82, 2.24) is 0 Å². The van der Waals surface area contributed by atoms with Gasteiger partial charge in [-0.05, 0) is 139 Å². The SMILES string of the molecule is CO[C@H]1O[C@H](COC(=O)C(C)(C)C)[C@@H](OP(c2ccc(F)cc2)c2ccc(F)cc2)[C@H](OP(c2ccc(F)cc2)c2ccc(F)cc2)[C@H]1OC(=O)C(C)(C)C. The molecule has 4 aromatic carbocycles. The van der Waals surface area contributed by atoms with Crippen LogP contribution in [0.3, 0.4) is 0 Å². The van der Waals surface area contributed by atoms with Crippen LogP contribution >= 0.6 is 16.3 Å². The molecule has 5 atom stereocenters. The van der Waals surface area contributed by atoms with Crippen LogP contribution in [0.15, 0.2) is 97.1 Å². The molecule has 0 bridgehead atoms. The monoisotopic (exact) mass is 802 g/mol. The Morgan fingerprint density at radius 2 is 0.909 bits per heavy atom. The van der Waals surface area contributed by atoms with Gasteiger partial charge < -0.3 is 28.0 Å². The number of hydrogen-bond donors (Lipinski definition) is 0. The number of carbonyl (C=O) groups excluding carboxylic acids is 2. The van der Waals surface area contributed by atoms with Gasteiger partial charge in [-0.25, -0.2) is 17.6 Å². The number of hydrogen-bond acceptors (Lipinski definition) is 8. The molecule has 1 heterocycles. The highest BCUT2D eigenvalue weighted by molar-refractivity contribution is 7.69. The van der Waals surface area contributed by atoms with Gasteiger partial charge in [-0.2, -0.15) is 0 Å². The molecule has 4 aromatic rings. The number of carbonyl (C=O) groups is 2. The Morgan fingerprint density at radius 3 is 1.24 bits per heavy atom. The molecule has 0 unspecified atom stereocenters. The molecule has 1 aliphatic rings. The molecule has 14 heteroatoms. The zero-order valence-electron chi connectivity index (χ0n) is 31.5. The van der Waals surface area contributed by atoms with E-state index >= 15 is 0 Å². The summed E-state index contributed by atoms with van der Waals surface area (Å²) in [5.74, 6) is -3.14. The van der Waals surface area contributed by atoms with E-state index < -0.39 is 93.0 Å². The Labute approximate surface area is 321 Å². The van der Waals surface area contributed by atoms with Gasteiger partial charge in [0.25, 0.3) is 0 Å². The molecular weight excluding hydrogens is 758 g/mol. The van der Waals surface area contributed by atoms with Crippen molar-refractivity contribution in [3.63, 3.8) is 0 Å². The van der Waals surface area contributed by atoms with E-state index in [2.05, 4.69) is 0 Å². The summed E-state index contributed by atoms with van der Waals surface area (Å²) in [5.41, 5.74) is -1.88. The van der Waals surface area contributed by atoms with Crippen molar-refractivity contribution >= 4 is 49.5 Å². The minimum Gasteiger partial charge on any atom is -0.462 e. The molecule has 294 valence electrons. The smallest absolute Gasteiger partial charge is 0.311 e. The number of ether oxygens (including phenoxy) is 4. The largest absolute Gasteiger partial charge is 0.462 e. The van der Waals surface area contributed by atoms with Crippen molar-refractivity contribution in [2.24, 2.45) is 10.8 Å². The van der Waals surface area contributed by atoms with Crippen LogP contribution in [-0.4, -0.2) is 56.4 Å². The first-order chi connectivity index (χ1) is 25.9. The number of benzene rings is 4. The maximum absolute atomic E-state index is 14.3. The summed E-state index contributed by atoms with van der Waals surface area (Å²) < 4.78 is 95.2. The van der Waals surface area contributed by atoms with E-state index in [1.807, 2.05) is 0 Å².